The van der Waals surface area contributed by atoms with Crippen LogP contribution in [0.15, 0.2) is 4.42 Å². The van der Waals surface area contributed by atoms with Crippen molar-refractivity contribution in [3.63, 3.8) is 0 Å². The minimum Gasteiger partial charge on any atom is -0.407 e. The smallest absolute Gasteiger partial charge is 0.315 e. The van der Waals surface area contributed by atoms with Gasteiger partial charge in [0.15, 0.2) is 0 Å². The Hall–Kier alpha value is -1.14. The molecule has 2 N–H and O–H groups in total. The Morgan fingerprint density at radius 3 is 2.79 bits per heavy atom. The highest BCUT2D eigenvalue weighted by Gasteiger charge is 2.27. The molecule has 0 spiro atoms. The number of hydrogen-bond acceptors (Lipinski definition) is 6. The zero-order valence-corrected chi connectivity index (χ0v) is 11.4. The number of hydrogen-bond donors (Lipinski definition) is 2. The summed E-state index contributed by atoms with van der Waals surface area (Å²) in [5, 5.41) is 14.7. The summed E-state index contributed by atoms with van der Waals surface area (Å²) in [6.45, 7) is 5.49. The molecule has 0 radical (unpaired) electrons. The molecule has 1 aromatic heterocycles. The van der Waals surface area contributed by atoms with Gasteiger partial charge in [-0.1, -0.05) is 12.0 Å². The second kappa shape index (κ2) is 5.46. The maximum absolute atomic E-state index is 5.57. The number of nitrogens with one attached hydrogen (secondary N) is 2. The van der Waals surface area contributed by atoms with Crippen molar-refractivity contribution in [2.45, 2.75) is 45.2 Å². The third kappa shape index (κ3) is 3.67. The van der Waals surface area contributed by atoms with Crippen molar-refractivity contribution in [1.82, 2.24) is 15.5 Å². The predicted octanol–water partition coefficient (Wildman–Crippen LogP) is 1.55. The van der Waals surface area contributed by atoms with Crippen LogP contribution in [0.1, 0.15) is 38.5 Å². The van der Waals surface area contributed by atoms with Gasteiger partial charge in [0.2, 0.25) is 5.89 Å². The van der Waals surface area contributed by atoms with Crippen LogP contribution in [0.25, 0.3) is 0 Å². The van der Waals surface area contributed by atoms with Gasteiger partial charge in [-0.15, -0.1) is 5.10 Å². The first-order valence-corrected chi connectivity index (χ1v) is 7.11. The molecule has 2 aliphatic rings. The summed E-state index contributed by atoms with van der Waals surface area (Å²) in [5.41, 5.74) is 0.263. The fourth-order valence-corrected chi connectivity index (χ4v) is 2.25. The topological polar surface area (TPSA) is 72.2 Å². The Bertz CT molecular complexity index is 411. The van der Waals surface area contributed by atoms with Crippen LogP contribution in [0, 0.1) is 5.41 Å². The van der Waals surface area contributed by atoms with E-state index in [1.807, 2.05) is 0 Å². The van der Waals surface area contributed by atoms with Crippen LogP contribution in [-0.2, 0) is 11.3 Å². The summed E-state index contributed by atoms with van der Waals surface area (Å²) >= 11 is 0. The Morgan fingerprint density at radius 1 is 1.26 bits per heavy atom. The van der Waals surface area contributed by atoms with Crippen molar-refractivity contribution in [3.8, 4) is 0 Å². The molecular formula is C13H22N4O2. The SMILES string of the molecule is CC1(CNc2nnc(CNC3CC3)o2)CCOCC1. The van der Waals surface area contributed by atoms with Gasteiger partial charge in [0.25, 0.3) is 0 Å². The Kier molecular flexibility index (Phi) is 3.70. The number of rotatable bonds is 6. The first-order chi connectivity index (χ1) is 9.23. The maximum Gasteiger partial charge on any atom is 0.315 e. The van der Waals surface area contributed by atoms with Crippen molar-refractivity contribution >= 4 is 6.01 Å². The number of ether oxygens (including phenoxy) is 1. The standard InChI is InChI=1S/C13H22N4O2/c1-13(4-6-18-7-5-13)9-15-12-17-16-11(19-12)8-14-10-2-3-10/h10,14H,2-9H2,1H3,(H,15,17). The summed E-state index contributed by atoms with van der Waals surface area (Å²) in [7, 11) is 0. The molecule has 0 unspecified atom stereocenters. The van der Waals surface area contributed by atoms with Crippen LogP contribution in [0.3, 0.4) is 0 Å². The van der Waals surface area contributed by atoms with Crippen LogP contribution in [0.2, 0.25) is 0 Å². The van der Waals surface area contributed by atoms with Crippen molar-refractivity contribution < 1.29 is 9.15 Å². The first kappa shape index (κ1) is 12.9. The summed E-state index contributed by atoms with van der Waals surface area (Å²) in [4.78, 5) is 0. The molecule has 3 rings (SSSR count). The molecule has 6 nitrogen and oxygen atoms in total. The minimum atomic E-state index is 0.263. The van der Waals surface area contributed by atoms with Gasteiger partial charge in [0, 0.05) is 25.8 Å². The normalized spacial score (nSPS) is 22.4. The van der Waals surface area contributed by atoms with Gasteiger partial charge in [-0.2, -0.15) is 0 Å². The molecule has 1 saturated carbocycles. The van der Waals surface area contributed by atoms with Crippen LogP contribution >= 0.6 is 0 Å². The van der Waals surface area contributed by atoms with Gasteiger partial charge in [0.05, 0.1) is 6.54 Å². The van der Waals surface area contributed by atoms with Gasteiger partial charge in [-0.25, -0.2) is 0 Å². The van der Waals surface area contributed by atoms with E-state index in [9.17, 15) is 0 Å². The lowest BCUT2D eigenvalue weighted by Crippen LogP contribution is -2.33. The number of aromatic nitrogens is 2. The van der Waals surface area contributed by atoms with Crippen molar-refractivity contribution in [2.24, 2.45) is 5.41 Å². The first-order valence-electron chi connectivity index (χ1n) is 7.11. The van der Waals surface area contributed by atoms with Gasteiger partial charge in [-0.05, 0) is 31.1 Å². The number of anilines is 1. The van der Waals surface area contributed by atoms with E-state index in [4.69, 9.17) is 9.15 Å². The summed E-state index contributed by atoms with van der Waals surface area (Å²) in [6, 6.07) is 1.18. The Labute approximate surface area is 113 Å². The van der Waals surface area contributed by atoms with Crippen molar-refractivity contribution in [3.05, 3.63) is 5.89 Å². The molecule has 2 heterocycles. The van der Waals surface area contributed by atoms with Crippen molar-refractivity contribution in [1.29, 1.82) is 0 Å². The Morgan fingerprint density at radius 2 is 2.05 bits per heavy atom. The molecule has 0 amide bonds. The monoisotopic (exact) mass is 266 g/mol. The number of nitrogens with zero attached hydrogens (tertiary/aromatic N) is 2. The van der Waals surface area contributed by atoms with E-state index in [2.05, 4.69) is 27.8 Å². The Balaban J connectivity index is 1.46. The molecule has 2 fully saturated rings. The van der Waals surface area contributed by atoms with Gasteiger partial charge < -0.3 is 19.8 Å². The third-order valence-corrected chi connectivity index (χ3v) is 3.95. The second-order valence-electron chi connectivity index (χ2n) is 5.93. The molecule has 1 saturated heterocycles. The molecule has 0 aromatic carbocycles. The lowest BCUT2D eigenvalue weighted by atomic mass is 9.82. The maximum atomic E-state index is 5.57. The van der Waals surface area contributed by atoms with Crippen LogP contribution in [0.5, 0.6) is 0 Å². The molecule has 106 valence electrons. The van der Waals surface area contributed by atoms with Gasteiger partial charge in [-0.3, -0.25) is 0 Å². The molecule has 1 aliphatic carbocycles. The van der Waals surface area contributed by atoms with Gasteiger partial charge in [0.1, 0.15) is 0 Å². The van der Waals surface area contributed by atoms with Crippen molar-refractivity contribution in [2.75, 3.05) is 25.1 Å². The highest BCUT2D eigenvalue weighted by atomic mass is 16.5. The van der Waals surface area contributed by atoms with Gasteiger partial charge >= 0.3 is 6.01 Å². The fourth-order valence-electron chi connectivity index (χ4n) is 2.25. The minimum absolute atomic E-state index is 0.263. The quantitative estimate of drug-likeness (QED) is 0.814. The summed E-state index contributed by atoms with van der Waals surface area (Å²) < 4.78 is 11.0. The molecular weight excluding hydrogens is 244 g/mol. The average Bonchev–Trinajstić information content (AvgIpc) is 3.14. The molecule has 6 heteroatoms. The van der Waals surface area contributed by atoms with E-state index in [0.29, 0.717) is 24.5 Å². The van der Waals surface area contributed by atoms with Crippen LogP contribution in [-0.4, -0.2) is 36.0 Å². The van der Waals surface area contributed by atoms with Crippen LogP contribution < -0.4 is 10.6 Å². The average molecular weight is 266 g/mol. The summed E-state index contributed by atoms with van der Waals surface area (Å²) in [6.07, 6.45) is 4.67. The third-order valence-electron chi connectivity index (χ3n) is 3.95. The van der Waals surface area contributed by atoms with Crippen LogP contribution in [0.4, 0.5) is 6.01 Å². The fraction of sp³-hybridized carbons (Fsp3) is 0.846. The molecule has 1 aromatic rings. The highest BCUT2D eigenvalue weighted by Crippen LogP contribution is 2.29. The second-order valence-corrected chi connectivity index (χ2v) is 5.93. The largest absolute Gasteiger partial charge is 0.407 e. The highest BCUT2D eigenvalue weighted by molar-refractivity contribution is 5.17. The van der Waals surface area contributed by atoms with E-state index in [-0.39, 0.29) is 5.41 Å². The molecule has 0 atom stereocenters. The lowest BCUT2D eigenvalue weighted by molar-refractivity contribution is 0.0298. The lowest BCUT2D eigenvalue weighted by Gasteiger charge is -2.33. The summed E-state index contributed by atoms with van der Waals surface area (Å²) in [5.74, 6) is 0.659. The molecule has 1 aliphatic heterocycles. The van der Waals surface area contributed by atoms with E-state index < -0.39 is 0 Å². The van der Waals surface area contributed by atoms with E-state index in [1.54, 1.807) is 0 Å². The molecule has 0 bridgehead atoms. The molecule has 19 heavy (non-hydrogen) atoms. The van der Waals surface area contributed by atoms with E-state index >= 15 is 0 Å². The zero-order chi connectivity index (χ0) is 13.1. The van der Waals surface area contributed by atoms with E-state index in [1.165, 1.54) is 12.8 Å². The van der Waals surface area contributed by atoms with E-state index in [0.717, 1.165) is 32.6 Å². The predicted molar refractivity (Wildman–Crippen MR) is 70.8 cm³/mol. The zero-order valence-electron chi connectivity index (χ0n) is 11.4.